The highest BCUT2D eigenvalue weighted by atomic mass is 15.2. The summed E-state index contributed by atoms with van der Waals surface area (Å²) in [6.07, 6.45) is 10.8. The summed E-state index contributed by atoms with van der Waals surface area (Å²) in [5.41, 5.74) is 24.7. The summed E-state index contributed by atoms with van der Waals surface area (Å²) in [5.74, 6) is 3.10. The minimum atomic E-state index is 0.102. The smallest absolute Gasteiger partial charge is 0.252 e. The number of benzene rings is 7. The molecule has 0 radical (unpaired) electrons. The van der Waals surface area contributed by atoms with Gasteiger partial charge in [0.05, 0.1) is 0 Å². The molecule has 6 atom stereocenters. The molecule has 2 heterocycles. The largest absolute Gasteiger partial charge is 0.311 e. The Morgan fingerprint density at radius 1 is 0.407 bits per heavy atom. The topological polar surface area (TPSA) is 6.48 Å². The molecule has 0 amide bonds. The molecule has 15 rings (SSSR count). The predicted molar refractivity (Wildman–Crippen MR) is 244 cm³/mol. The second-order valence-corrected chi connectivity index (χ2v) is 19.6. The van der Waals surface area contributed by atoms with Gasteiger partial charge < -0.3 is 9.80 Å². The van der Waals surface area contributed by atoms with Crippen LogP contribution in [0, 0.1) is 23.7 Å². The van der Waals surface area contributed by atoms with Crippen LogP contribution in [0.25, 0.3) is 22.3 Å². The zero-order valence-corrected chi connectivity index (χ0v) is 33.4. The van der Waals surface area contributed by atoms with Crippen LogP contribution in [0.2, 0.25) is 0 Å². The molecular weight excluding hydrogens is 711 g/mol. The predicted octanol–water partition coefficient (Wildman–Crippen LogP) is 11.9. The Bertz CT molecular complexity index is 2970. The number of para-hydroxylation sites is 2. The van der Waals surface area contributed by atoms with Gasteiger partial charge >= 0.3 is 0 Å². The highest BCUT2D eigenvalue weighted by Gasteiger charge is 2.59. The fraction of sp³-hybridized carbons (Fsp3) is 0.250. The van der Waals surface area contributed by atoms with E-state index in [1.807, 2.05) is 0 Å². The molecule has 59 heavy (non-hydrogen) atoms. The van der Waals surface area contributed by atoms with E-state index in [0.29, 0.717) is 0 Å². The molecule has 2 nitrogen and oxygen atoms in total. The summed E-state index contributed by atoms with van der Waals surface area (Å²) in [4.78, 5) is 5.25. The molecule has 2 aliphatic heterocycles. The van der Waals surface area contributed by atoms with Gasteiger partial charge in [0, 0.05) is 45.0 Å². The van der Waals surface area contributed by atoms with Crippen LogP contribution in [0.1, 0.15) is 73.6 Å². The normalized spacial score (nSPS) is 27.5. The van der Waals surface area contributed by atoms with Crippen molar-refractivity contribution in [2.45, 2.75) is 62.2 Å². The van der Waals surface area contributed by atoms with Crippen LogP contribution in [0.5, 0.6) is 0 Å². The Hall–Kier alpha value is -5.80. The van der Waals surface area contributed by atoms with E-state index in [9.17, 15) is 0 Å². The Balaban J connectivity index is 1.06. The number of anilines is 6. The standard InChI is InChI=1S/C56H45BN2/c1-3-12-38(13-4-1)58-50-20-11-21-51-54(50)57(49-30-46-43(29-52(49)58)41-17-8-10-19-45(41)55(46)32-34-22-24-36(55)26-34)48-28-42-40-16-7-9-18-44(40)56(33-35-23-25-37(56)27-35)47(42)31-53(48)59(51)39-14-5-2-6-15-39/h1-21,28-31,34-37H,22-27,32-33H2/t34?,35-,36?,37+,55+,56+/m1/s1. The van der Waals surface area contributed by atoms with Crippen LogP contribution in [-0.4, -0.2) is 6.71 Å². The van der Waals surface area contributed by atoms with E-state index in [4.69, 9.17) is 0 Å². The number of rotatable bonds is 2. The quantitative estimate of drug-likeness (QED) is 0.162. The molecule has 6 aliphatic carbocycles. The zero-order chi connectivity index (χ0) is 38.2. The van der Waals surface area contributed by atoms with Crippen LogP contribution in [0.3, 0.4) is 0 Å². The van der Waals surface area contributed by atoms with Crippen molar-refractivity contribution in [1.29, 1.82) is 0 Å². The molecular formula is C56H45BN2. The first-order valence-corrected chi connectivity index (χ1v) is 22.6. The molecule has 2 spiro atoms. The first-order valence-electron chi connectivity index (χ1n) is 22.6. The van der Waals surface area contributed by atoms with Crippen LogP contribution in [-0.2, 0) is 10.8 Å². The Morgan fingerprint density at radius 3 is 1.44 bits per heavy atom. The molecule has 0 saturated heterocycles. The molecule has 7 aromatic rings. The van der Waals surface area contributed by atoms with Crippen LogP contribution >= 0.6 is 0 Å². The molecule has 2 unspecified atom stereocenters. The summed E-state index contributed by atoms with van der Waals surface area (Å²) in [7, 11) is 0. The van der Waals surface area contributed by atoms with E-state index in [2.05, 4.69) is 161 Å². The first-order chi connectivity index (χ1) is 29.2. The van der Waals surface area contributed by atoms with Gasteiger partial charge in [-0.15, -0.1) is 0 Å². The van der Waals surface area contributed by atoms with Gasteiger partial charge in [-0.1, -0.05) is 116 Å². The van der Waals surface area contributed by atoms with E-state index in [1.54, 1.807) is 22.3 Å². The lowest BCUT2D eigenvalue weighted by molar-refractivity contribution is 0.327. The van der Waals surface area contributed by atoms with Crippen molar-refractivity contribution in [3.63, 3.8) is 0 Å². The second kappa shape index (κ2) is 11.1. The molecule has 282 valence electrons. The minimum Gasteiger partial charge on any atom is -0.311 e. The molecule has 3 heteroatoms. The molecule has 7 aromatic carbocycles. The molecule has 4 bridgehead atoms. The third-order valence-corrected chi connectivity index (χ3v) is 17.4. The van der Waals surface area contributed by atoms with Gasteiger partial charge in [-0.2, -0.15) is 0 Å². The van der Waals surface area contributed by atoms with E-state index < -0.39 is 0 Å². The summed E-state index contributed by atoms with van der Waals surface area (Å²) in [6, 6.07) is 59.5. The maximum Gasteiger partial charge on any atom is 0.252 e. The summed E-state index contributed by atoms with van der Waals surface area (Å²) in [5, 5.41) is 0. The lowest BCUT2D eigenvalue weighted by Gasteiger charge is -2.45. The maximum atomic E-state index is 2.77. The Morgan fingerprint density at radius 2 is 0.898 bits per heavy atom. The average molecular weight is 757 g/mol. The van der Waals surface area contributed by atoms with Crippen molar-refractivity contribution in [3.8, 4) is 22.3 Å². The van der Waals surface area contributed by atoms with Crippen LogP contribution in [0.4, 0.5) is 34.1 Å². The maximum absolute atomic E-state index is 2.77. The molecule has 4 saturated carbocycles. The number of hydrogen-bond donors (Lipinski definition) is 0. The first kappa shape index (κ1) is 32.1. The van der Waals surface area contributed by atoms with Gasteiger partial charge in [0.15, 0.2) is 0 Å². The van der Waals surface area contributed by atoms with Gasteiger partial charge in [0.1, 0.15) is 0 Å². The lowest BCUT2D eigenvalue weighted by Crippen LogP contribution is -2.61. The van der Waals surface area contributed by atoms with Crippen LogP contribution in [0.15, 0.2) is 152 Å². The fourth-order valence-electron chi connectivity index (χ4n) is 15.4. The Kier molecular flexibility index (Phi) is 6.02. The van der Waals surface area contributed by atoms with Crippen molar-refractivity contribution >= 4 is 57.2 Å². The molecule has 0 aromatic heterocycles. The third-order valence-electron chi connectivity index (χ3n) is 17.4. The van der Waals surface area contributed by atoms with Gasteiger partial charge in [-0.3, -0.25) is 0 Å². The van der Waals surface area contributed by atoms with Crippen molar-refractivity contribution in [1.82, 2.24) is 0 Å². The van der Waals surface area contributed by atoms with E-state index in [-0.39, 0.29) is 17.5 Å². The van der Waals surface area contributed by atoms with Gasteiger partial charge in [-0.05, 0) is 172 Å². The summed E-state index contributed by atoms with van der Waals surface area (Å²) >= 11 is 0. The second-order valence-electron chi connectivity index (χ2n) is 19.6. The van der Waals surface area contributed by atoms with Crippen molar-refractivity contribution in [3.05, 3.63) is 174 Å². The fourth-order valence-corrected chi connectivity index (χ4v) is 15.4. The van der Waals surface area contributed by atoms with E-state index in [0.717, 1.165) is 23.7 Å². The highest BCUT2D eigenvalue weighted by Crippen LogP contribution is 2.68. The third kappa shape index (κ3) is 3.80. The molecule has 4 fully saturated rings. The van der Waals surface area contributed by atoms with E-state index >= 15 is 0 Å². The van der Waals surface area contributed by atoms with Gasteiger partial charge in [-0.25, -0.2) is 0 Å². The van der Waals surface area contributed by atoms with Gasteiger partial charge in [0.2, 0.25) is 0 Å². The average Bonchev–Trinajstić information content (AvgIpc) is 4.17. The highest BCUT2D eigenvalue weighted by molar-refractivity contribution is 7.00. The van der Waals surface area contributed by atoms with Crippen molar-refractivity contribution < 1.29 is 0 Å². The lowest BCUT2D eigenvalue weighted by atomic mass is 9.33. The zero-order valence-electron chi connectivity index (χ0n) is 33.4. The monoisotopic (exact) mass is 756 g/mol. The minimum absolute atomic E-state index is 0.102. The van der Waals surface area contributed by atoms with Gasteiger partial charge in [0.25, 0.3) is 6.71 Å². The number of fused-ring (bicyclic) bond motifs is 20. The van der Waals surface area contributed by atoms with Crippen molar-refractivity contribution in [2.24, 2.45) is 23.7 Å². The Labute approximate surface area is 347 Å². The number of nitrogens with zero attached hydrogens (tertiary/aromatic N) is 2. The number of hydrogen-bond acceptors (Lipinski definition) is 2. The SMILES string of the molecule is c1ccc(N2c3cc4c(cc3B3c5cc6c(cc5N(c5ccccc5)c5cccc2c53)[C@]2(C[C@@H]3CC[C@H]2C3)c2ccccc2-6)[C@]2(CC3CCC2C3)c2ccccc2-4)cc1. The van der Waals surface area contributed by atoms with E-state index in [1.165, 1.54) is 124 Å². The summed E-state index contributed by atoms with van der Waals surface area (Å²) < 4.78 is 0. The molecule has 8 aliphatic rings. The van der Waals surface area contributed by atoms with Crippen molar-refractivity contribution in [2.75, 3.05) is 9.80 Å². The van der Waals surface area contributed by atoms with Crippen LogP contribution < -0.4 is 26.2 Å². The molecule has 0 N–H and O–H groups in total. The summed E-state index contributed by atoms with van der Waals surface area (Å²) in [6.45, 7) is 0.102.